The SMILES string of the molecule is COC(=O)CCNc1ccc(Cl)cc1C. The van der Waals surface area contributed by atoms with E-state index in [4.69, 9.17) is 11.6 Å². The molecule has 1 rings (SSSR count). The maximum absolute atomic E-state index is 10.9. The van der Waals surface area contributed by atoms with E-state index in [0.29, 0.717) is 18.0 Å². The van der Waals surface area contributed by atoms with Gasteiger partial charge in [-0.3, -0.25) is 4.79 Å². The highest BCUT2D eigenvalue weighted by molar-refractivity contribution is 6.30. The maximum atomic E-state index is 10.9. The summed E-state index contributed by atoms with van der Waals surface area (Å²) in [5.74, 6) is -0.214. The van der Waals surface area contributed by atoms with Crippen LogP contribution in [-0.4, -0.2) is 19.6 Å². The van der Waals surface area contributed by atoms with Crippen LogP contribution in [0.3, 0.4) is 0 Å². The zero-order valence-corrected chi connectivity index (χ0v) is 9.60. The van der Waals surface area contributed by atoms with E-state index in [9.17, 15) is 4.79 Å². The second-order valence-electron chi connectivity index (χ2n) is 3.21. The summed E-state index contributed by atoms with van der Waals surface area (Å²) in [6, 6.07) is 5.59. The molecule has 3 nitrogen and oxygen atoms in total. The van der Waals surface area contributed by atoms with Crippen LogP contribution in [0.1, 0.15) is 12.0 Å². The number of ether oxygens (including phenoxy) is 1. The topological polar surface area (TPSA) is 38.3 Å². The molecule has 0 radical (unpaired) electrons. The summed E-state index contributed by atoms with van der Waals surface area (Å²) in [4.78, 5) is 10.9. The van der Waals surface area contributed by atoms with Gasteiger partial charge in [0.15, 0.2) is 0 Å². The largest absolute Gasteiger partial charge is 0.469 e. The average Bonchev–Trinajstić information content (AvgIpc) is 2.21. The first-order valence-corrected chi connectivity index (χ1v) is 5.08. The van der Waals surface area contributed by atoms with Gasteiger partial charge in [-0.15, -0.1) is 0 Å². The lowest BCUT2D eigenvalue weighted by atomic mass is 10.2. The minimum Gasteiger partial charge on any atom is -0.469 e. The van der Waals surface area contributed by atoms with Crippen molar-refractivity contribution < 1.29 is 9.53 Å². The summed E-state index contributed by atoms with van der Waals surface area (Å²) in [7, 11) is 1.38. The summed E-state index contributed by atoms with van der Waals surface area (Å²) in [5.41, 5.74) is 2.05. The van der Waals surface area contributed by atoms with Gasteiger partial charge in [-0.1, -0.05) is 11.6 Å². The number of halogens is 1. The number of esters is 1. The zero-order chi connectivity index (χ0) is 11.3. The molecule has 0 heterocycles. The van der Waals surface area contributed by atoms with E-state index in [1.807, 2.05) is 25.1 Å². The Balaban J connectivity index is 2.47. The maximum Gasteiger partial charge on any atom is 0.307 e. The summed E-state index contributed by atoms with van der Waals surface area (Å²) < 4.78 is 4.54. The molecule has 0 bridgehead atoms. The summed E-state index contributed by atoms with van der Waals surface area (Å²) >= 11 is 5.82. The molecule has 4 heteroatoms. The van der Waals surface area contributed by atoms with E-state index in [-0.39, 0.29) is 5.97 Å². The summed E-state index contributed by atoms with van der Waals surface area (Å²) in [5, 5.41) is 3.86. The second-order valence-corrected chi connectivity index (χ2v) is 3.65. The molecule has 0 saturated carbocycles. The molecule has 0 atom stereocenters. The smallest absolute Gasteiger partial charge is 0.307 e. The molecule has 0 saturated heterocycles. The number of anilines is 1. The van der Waals surface area contributed by atoms with Crippen molar-refractivity contribution in [3.63, 3.8) is 0 Å². The van der Waals surface area contributed by atoms with Crippen molar-refractivity contribution in [2.45, 2.75) is 13.3 Å². The Morgan fingerprint density at radius 1 is 1.53 bits per heavy atom. The first-order chi connectivity index (χ1) is 7.13. The van der Waals surface area contributed by atoms with Gasteiger partial charge in [0, 0.05) is 17.3 Å². The van der Waals surface area contributed by atoms with Crippen molar-refractivity contribution in [2.75, 3.05) is 19.0 Å². The van der Waals surface area contributed by atoms with E-state index >= 15 is 0 Å². The fourth-order valence-electron chi connectivity index (χ4n) is 1.23. The molecule has 0 aliphatic rings. The van der Waals surface area contributed by atoms with Crippen LogP contribution in [0.15, 0.2) is 18.2 Å². The fraction of sp³-hybridized carbons (Fsp3) is 0.364. The molecule has 0 amide bonds. The highest BCUT2D eigenvalue weighted by Gasteiger charge is 2.01. The van der Waals surface area contributed by atoms with Crippen molar-refractivity contribution in [1.29, 1.82) is 0 Å². The predicted octanol–water partition coefficient (Wildman–Crippen LogP) is 2.62. The predicted molar refractivity (Wildman–Crippen MR) is 61.3 cm³/mol. The molecule has 0 fully saturated rings. The Labute approximate surface area is 94.4 Å². The fourth-order valence-corrected chi connectivity index (χ4v) is 1.45. The van der Waals surface area contributed by atoms with E-state index in [2.05, 4.69) is 10.1 Å². The Morgan fingerprint density at radius 3 is 2.87 bits per heavy atom. The molecule has 1 aromatic carbocycles. The molecule has 0 aliphatic carbocycles. The monoisotopic (exact) mass is 227 g/mol. The average molecular weight is 228 g/mol. The molecule has 15 heavy (non-hydrogen) atoms. The Bertz CT molecular complexity index is 352. The number of rotatable bonds is 4. The highest BCUT2D eigenvalue weighted by atomic mass is 35.5. The van der Waals surface area contributed by atoms with Crippen LogP contribution >= 0.6 is 11.6 Å². The second kappa shape index (κ2) is 5.61. The third kappa shape index (κ3) is 3.80. The number of carbonyl (C=O) groups is 1. The van der Waals surface area contributed by atoms with E-state index in [1.54, 1.807) is 0 Å². The Hall–Kier alpha value is -1.22. The standard InChI is InChI=1S/C11H14ClNO2/c1-8-7-9(12)3-4-10(8)13-6-5-11(14)15-2/h3-4,7,13H,5-6H2,1-2H3. The van der Waals surface area contributed by atoms with Crippen LogP contribution in [0.2, 0.25) is 5.02 Å². The molecular formula is C11H14ClNO2. The molecular weight excluding hydrogens is 214 g/mol. The van der Waals surface area contributed by atoms with Crippen LogP contribution in [0.4, 0.5) is 5.69 Å². The minimum atomic E-state index is -0.214. The van der Waals surface area contributed by atoms with Crippen molar-refractivity contribution in [2.24, 2.45) is 0 Å². The van der Waals surface area contributed by atoms with Crippen LogP contribution in [-0.2, 0) is 9.53 Å². The number of nitrogens with one attached hydrogen (secondary N) is 1. The van der Waals surface area contributed by atoms with Crippen molar-refractivity contribution in [3.05, 3.63) is 28.8 Å². The number of benzene rings is 1. The van der Waals surface area contributed by atoms with Gasteiger partial charge in [-0.25, -0.2) is 0 Å². The zero-order valence-electron chi connectivity index (χ0n) is 8.84. The van der Waals surface area contributed by atoms with Crippen LogP contribution < -0.4 is 5.32 Å². The van der Waals surface area contributed by atoms with Crippen molar-refractivity contribution in [1.82, 2.24) is 0 Å². The third-order valence-electron chi connectivity index (χ3n) is 2.06. The van der Waals surface area contributed by atoms with Gasteiger partial charge in [0.25, 0.3) is 0 Å². The van der Waals surface area contributed by atoms with Crippen molar-refractivity contribution >= 4 is 23.3 Å². The van der Waals surface area contributed by atoms with Gasteiger partial charge >= 0.3 is 5.97 Å². The minimum absolute atomic E-state index is 0.214. The lowest BCUT2D eigenvalue weighted by molar-refractivity contribution is -0.140. The Morgan fingerprint density at radius 2 is 2.27 bits per heavy atom. The number of hydrogen-bond donors (Lipinski definition) is 1. The van der Waals surface area contributed by atoms with E-state index in [0.717, 1.165) is 11.3 Å². The summed E-state index contributed by atoms with van der Waals surface area (Å²) in [6.07, 6.45) is 0.360. The lowest BCUT2D eigenvalue weighted by Gasteiger charge is -2.08. The van der Waals surface area contributed by atoms with Crippen LogP contribution in [0, 0.1) is 6.92 Å². The number of aryl methyl sites for hydroxylation is 1. The molecule has 0 spiro atoms. The number of hydrogen-bond acceptors (Lipinski definition) is 3. The van der Waals surface area contributed by atoms with Gasteiger partial charge in [0.2, 0.25) is 0 Å². The quantitative estimate of drug-likeness (QED) is 0.804. The van der Waals surface area contributed by atoms with E-state index < -0.39 is 0 Å². The molecule has 82 valence electrons. The van der Waals surface area contributed by atoms with Gasteiger partial charge < -0.3 is 10.1 Å². The van der Waals surface area contributed by atoms with Gasteiger partial charge in [-0.05, 0) is 30.7 Å². The Kier molecular flexibility index (Phi) is 4.43. The van der Waals surface area contributed by atoms with Gasteiger partial charge in [0.05, 0.1) is 13.5 Å². The molecule has 1 aromatic rings. The lowest BCUT2D eigenvalue weighted by Crippen LogP contribution is -2.10. The van der Waals surface area contributed by atoms with Crippen molar-refractivity contribution in [3.8, 4) is 0 Å². The first kappa shape index (κ1) is 11.9. The molecule has 0 unspecified atom stereocenters. The van der Waals surface area contributed by atoms with Crippen LogP contribution in [0.25, 0.3) is 0 Å². The number of carbonyl (C=O) groups excluding carboxylic acids is 1. The molecule has 1 N–H and O–H groups in total. The third-order valence-corrected chi connectivity index (χ3v) is 2.30. The molecule has 0 aliphatic heterocycles. The normalized spacial score (nSPS) is 9.80. The first-order valence-electron chi connectivity index (χ1n) is 4.70. The van der Waals surface area contributed by atoms with Gasteiger partial charge in [-0.2, -0.15) is 0 Å². The number of methoxy groups -OCH3 is 1. The van der Waals surface area contributed by atoms with E-state index in [1.165, 1.54) is 7.11 Å². The van der Waals surface area contributed by atoms with Gasteiger partial charge in [0.1, 0.15) is 0 Å². The van der Waals surface area contributed by atoms with Crippen LogP contribution in [0.5, 0.6) is 0 Å². The molecule has 0 aromatic heterocycles. The highest BCUT2D eigenvalue weighted by Crippen LogP contribution is 2.19. The summed E-state index contributed by atoms with van der Waals surface area (Å²) in [6.45, 7) is 2.53.